The lowest BCUT2D eigenvalue weighted by Gasteiger charge is -2.37. The van der Waals surface area contributed by atoms with Crippen molar-refractivity contribution >= 4 is 16.1 Å². The molecular weight excluding hydrogens is 330 g/mol. The van der Waals surface area contributed by atoms with Crippen molar-refractivity contribution in [2.75, 3.05) is 20.2 Å². The number of likely N-dealkylation sites (tertiary alicyclic amines) is 1. The van der Waals surface area contributed by atoms with Gasteiger partial charge in [-0.3, -0.25) is 0 Å². The number of piperidine rings is 1. The van der Waals surface area contributed by atoms with E-state index in [2.05, 4.69) is 5.32 Å². The molecule has 1 saturated carbocycles. The molecule has 1 aliphatic heterocycles. The number of sulfonamides is 1. The molecule has 1 unspecified atom stereocenters. The van der Waals surface area contributed by atoms with Crippen molar-refractivity contribution in [1.29, 1.82) is 0 Å². The maximum absolute atomic E-state index is 12.4. The fourth-order valence-electron chi connectivity index (χ4n) is 3.81. The number of primary sulfonamides is 1. The number of carbonyl (C=O) groups excluding carboxylic acids is 1. The SMILES string of the molecule is COC1[C@@H]2CC[C@H]1CN(C(=O)NCc1ccc(S(N)(=O)=O)cc1)C2. The normalized spacial score (nSPS) is 26.4. The van der Waals surface area contributed by atoms with Gasteiger partial charge in [0.25, 0.3) is 0 Å². The average molecular weight is 353 g/mol. The number of nitrogens with one attached hydrogen (secondary N) is 1. The van der Waals surface area contributed by atoms with Crippen LogP contribution >= 0.6 is 0 Å². The van der Waals surface area contributed by atoms with E-state index in [1.807, 2.05) is 4.90 Å². The van der Waals surface area contributed by atoms with Gasteiger partial charge in [0.05, 0.1) is 11.0 Å². The summed E-state index contributed by atoms with van der Waals surface area (Å²) in [6.07, 6.45) is 2.50. The van der Waals surface area contributed by atoms with Gasteiger partial charge in [-0.05, 0) is 30.5 Å². The largest absolute Gasteiger partial charge is 0.381 e. The van der Waals surface area contributed by atoms with Crippen molar-refractivity contribution in [3.63, 3.8) is 0 Å². The van der Waals surface area contributed by atoms with Crippen molar-refractivity contribution in [3.05, 3.63) is 29.8 Å². The third kappa shape index (κ3) is 3.55. The van der Waals surface area contributed by atoms with Crippen LogP contribution in [0.3, 0.4) is 0 Å². The third-order valence-corrected chi connectivity index (χ3v) is 5.93. The highest BCUT2D eigenvalue weighted by Gasteiger charge is 2.43. The fraction of sp³-hybridized carbons (Fsp3) is 0.562. The minimum Gasteiger partial charge on any atom is -0.381 e. The van der Waals surface area contributed by atoms with Crippen LogP contribution in [0.25, 0.3) is 0 Å². The van der Waals surface area contributed by atoms with Crippen molar-refractivity contribution in [2.24, 2.45) is 17.0 Å². The number of benzene rings is 1. The number of urea groups is 1. The molecule has 7 nitrogen and oxygen atoms in total. The number of methoxy groups -OCH3 is 1. The maximum atomic E-state index is 12.4. The predicted molar refractivity (Wildman–Crippen MR) is 88.6 cm³/mol. The number of rotatable bonds is 4. The molecule has 0 spiro atoms. The third-order valence-electron chi connectivity index (χ3n) is 5.00. The summed E-state index contributed by atoms with van der Waals surface area (Å²) < 4.78 is 28.0. The summed E-state index contributed by atoms with van der Waals surface area (Å²) >= 11 is 0. The molecule has 0 aromatic heterocycles. The highest BCUT2D eigenvalue weighted by Crippen LogP contribution is 2.38. The summed E-state index contributed by atoms with van der Waals surface area (Å²) in [7, 11) is -1.94. The van der Waals surface area contributed by atoms with Crippen LogP contribution in [0.15, 0.2) is 29.2 Å². The molecule has 2 aliphatic rings. The Morgan fingerprint density at radius 1 is 1.25 bits per heavy atom. The molecule has 0 radical (unpaired) electrons. The number of nitrogens with two attached hydrogens (primary N) is 1. The number of hydrogen-bond acceptors (Lipinski definition) is 4. The van der Waals surface area contributed by atoms with Crippen LogP contribution in [0.5, 0.6) is 0 Å². The van der Waals surface area contributed by atoms with Crippen molar-refractivity contribution in [2.45, 2.75) is 30.4 Å². The van der Waals surface area contributed by atoms with E-state index < -0.39 is 10.0 Å². The zero-order valence-corrected chi connectivity index (χ0v) is 14.5. The van der Waals surface area contributed by atoms with Gasteiger partial charge in [-0.1, -0.05) is 12.1 Å². The Kier molecular flexibility index (Phi) is 4.80. The summed E-state index contributed by atoms with van der Waals surface area (Å²) in [4.78, 5) is 14.3. The Labute approximate surface area is 142 Å². The van der Waals surface area contributed by atoms with Crippen LogP contribution in [0.4, 0.5) is 4.79 Å². The Morgan fingerprint density at radius 2 is 1.83 bits per heavy atom. The lowest BCUT2D eigenvalue weighted by atomic mass is 9.95. The fourth-order valence-corrected chi connectivity index (χ4v) is 4.33. The summed E-state index contributed by atoms with van der Waals surface area (Å²) in [5.41, 5.74) is 0.825. The first-order valence-electron chi connectivity index (χ1n) is 8.06. The molecule has 24 heavy (non-hydrogen) atoms. The standard InChI is InChI=1S/C16H23N3O4S/c1-23-15-12-4-5-13(15)10-19(9-12)16(20)18-8-11-2-6-14(7-3-11)24(17,21)22/h2-3,6-7,12-13,15H,4-5,8-10H2,1H3,(H,18,20)(H2,17,21,22)/t12-,13+,15?. The Hall–Kier alpha value is -1.64. The molecule has 2 fully saturated rings. The molecule has 2 amide bonds. The molecule has 3 atom stereocenters. The molecule has 2 bridgehead atoms. The van der Waals surface area contributed by atoms with E-state index in [1.165, 1.54) is 12.1 Å². The minimum atomic E-state index is -3.69. The molecule has 1 aliphatic carbocycles. The molecule has 8 heteroatoms. The number of hydrogen-bond donors (Lipinski definition) is 2. The Balaban J connectivity index is 1.55. The average Bonchev–Trinajstić information content (AvgIpc) is 2.80. The second-order valence-corrected chi connectivity index (χ2v) is 8.11. The van der Waals surface area contributed by atoms with E-state index in [0.717, 1.165) is 31.5 Å². The first-order valence-corrected chi connectivity index (χ1v) is 9.60. The minimum absolute atomic E-state index is 0.0655. The molecule has 1 aromatic rings. The molecule has 1 heterocycles. The first-order chi connectivity index (χ1) is 11.4. The zero-order chi connectivity index (χ0) is 17.3. The quantitative estimate of drug-likeness (QED) is 0.839. The van der Waals surface area contributed by atoms with E-state index >= 15 is 0 Å². The van der Waals surface area contributed by atoms with Crippen LogP contribution in [0.1, 0.15) is 18.4 Å². The second kappa shape index (κ2) is 6.70. The first kappa shape index (κ1) is 17.2. The van der Waals surface area contributed by atoms with Crippen LogP contribution in [-0.4, -0.2) is 45.7 Å². The lowest BCUT2D eigenvalue weighted by molar-refractivity contribution is -0.00509. The number of fused-ring (bicyclic) bond motifs is 2. The van der Waals surface area contributed by atoms with Crippen LogP contribution in [-0.2, 0) is 21.3 Å². The number of ether oxygens (including phenoxy) is 1. The van der Waals surface area contributed by atoms with Gasteiger partial charge in [0, 0.05) is 38.6 Å². The van der Waals surface area contributed by atoms with Crippen molar-refractivity contribution < 1.29 is 17.9 Å². The predicted octanol–water partition coefficient (Wildman–Crippen LogP) is 0.900. The second-order valence-electron chi connectivity index (χ2n) is 6.55. The van der Waals surface area contributed by atoms with Crippen molar-refractivity contribution in [1.82, 2.24) is 10.2 Å². The van der Waals surface area contributed by atoms with Crippen molar-refractivity contribution in [3.8, 4) is 0 Å². The van der Waals surface area contributed by atoms with Gasteiger partial charge in [0.15, 0.2) is 0 Å². The van der Waals surface area contributed by atoms with Crippen LogP contribution < -0.4 is 10.5 Å². The smallest absolute Gasteiger partial charge is 0.317 e. The molecular formula is C16H23N3O4S. The molecule has 1 saturated heterocycles. The maximum Gasteiger partial charge on any atom is 0.317 e. The Morgan fingerprint density at radius 3 is 2.33 bits per heavy atom. The number of carbonyl (C=O) groups is 1. The topological polar surface area (TPSA) is 102 Å². The van der Waals surface area contributed by atoms with E-state index in [4.69, 9.17) is 9.88 Å². The molecule has 3 rings (SSSR count). The summed E-state index contributed by atoms with van der Waals surface area (Å²) in [5, 5.41) is 7.96. The summed E-state index contributed by atoms with van der Waals surface area (Å²) in [6, 6.07) is 6.11. The zero-order valence-electron chi connectivity index (χ0n) is 13.6. The van der Waals surface area contributed by atoms with E-state index in [9.17, 15) is 13.2 Å². The Bertz CT molecular complexity index is 691. The van der Waals surface area contributed by atoms with Gasteiger partial charge in [0.2, 0.25) is 10.0 Å². The molecule has 3 N–H and O–H groups in total. The lowest BCUT2D eigenvalue weighted by Crippen LogP contribution is -2.51. The van der Waals surface area contributed by atoms with Crippen LogP contribution in [0, 0.1) is 11.8 Å². The van der Waals surface area contributed by atoms with E-state index in [0.29, 0.717) is 18.4 Å². The number of amides is 2. The summed E-state index contributed by atoms with van der Waals surface area (Å²) in [5.74, 6) is 0.849. The van der Waals surface area contributed by atoms with Gasteiger partial charge >= 0.3 is 6.03 Å². The number of nitrogens with zero attached hydrogens (tertiary/aromatic N) is 1. The summed E-state index contributed by atoms with van der Waals surface area (Å²) in [6.45, 7) is 1.81. The monoisotopic (exact) mass is 353 g/mol. The van der Waals surface area contributed by atoms with Gasteiger partial charge in [-0.2, -0.15) is 0 Å². The van der Waals surface area contributed by atoms with Gasteiger partial charge in [0.1, 0.15) is 0 Å². The highest BCUT2D eigenvalue weighted by atomic mass is 32.2. The molecule has 1 aromatic carbocycles. The highest BCUT2D eigenvalue weighted by molar-refractivity contribution is 7.89. The van der Waals surface area contributed by atoms with E-state index in [-0.39, 0.29) is 17.0 Å². The van der Waals surface area contributed by atoms with E-state index in [1.54, 1.807) is 19.2 Å². The van der Waals surface area contributed by atoms with Gasteiger partial charge in [-0.25, -0.2) is 18.4 Å². The molecule has 132 valence electrons. The van der Waals surface area contributed by atoms with Gasteiger partial charge < -0.3 is 15.0 Å². The van der Waals surface area contributed by atoms with Gasteiger partial charge in [-0.15, -0.1) is 0 Å². The van der Waals surface area contributed by atoms with Crippen LogP contribution in [0.2, 0.25) is 0 Å².